The van der Waals surface area contributed by atoms with E-state index < -0.39 is 17.5 Å². The van der Waals surface area contributed by atoms with Crippen LogP contribution in [-0.2, 0) is 4.79 Å². The minimum atomic E-state index is -0.654. The third-order valence-corrected chi connectivity index (χ3v) is 3.34. The maximum atomic E-state index is 13.4. The van der Waals surface area contributed by atoms with Gasteiger partial charge in [0, 0.05) is 13.2 Å². The second-order valence-corrected chi connectivity index (χ2v) is 4.76. The molecule has 1 aliphatic rings. The summed E-state index contributed by atoms with van der Waals surface area (Å²) in [6.45, 7) is 0.423. The Kier molecular flexibility index (Phi) is 4.17. The van der Waals surface area contributed by atoms with E-state index in [1.54, 1.807) is 0 Å². The SMILES string of the molecule is O=C1C(=O)N(CCCCCO)c2cc(F)c(Cl)cc21. The molecule has 0 saturated carbocycles. The number of nitrogens with zero attached hydrogens (tertiary/aromatic N) is 1. The number of carbonyl (C=O) groups is 2. The lowest BCUT2D eigenvalue weighted by molar-refractivity contribution is -0.114. The Balaban J connectivity index is 2.21. The summed E-state index contributed by atoms with van der Waals surface area (Å²) < 4.78 is 13.4. The van der Waals surface area contributed by atoms with Crippen molar-refractivity contribution in [3.63, 3.8) is 0 Å². The molecule has 1 aromatic carbocycles. The van der Waals surface area contributed by atoms with E-state index in [2.05, 4.69) is 0 Å². The number of carbonyl (C=O) groups excluding carboxylic acids is 2. The Morgan fingerprint density at radius 3 is 2.63 bits per heavy atom. The van der Waals surface area contributed by atoms with Gasteiger partial charge < -0.3 is 10.0 Å². The van der Waals surface area contributed by atoms with Crippen molar-refractivity contribution < 1.29 is 19.1 Å². The summed E-state index contributed by atoms with van der Waals surface area (Å²) in [4.78, 5) is 24.8. The van der Waals surface area contributed by atoms with Crippen LogP contribution in [0.2, 0.25) is 5.02 Å². The molecule has 1 N–H and O–H groups in total. The first-order valence-corrected chi connectivity index (χ1v) is 6.40. The van der Waals surface area contributed by atoms with Gasteiger partial charge in [0.2, 0.25) is 0 Å². The Bertz CT molecular complexity index is 533. The fourth-order valence-corrected chi connectivity index (χ4v) is 2.23. The van der Waals surface area contributed by atoms with Crippen LogP contribution in [0.25, 0.3) is 0 Å². The molecule has 0 spiro atoms. The van der Waals surface area contributed by atoms with Gasteiger partial charge >= 0.3 is 0 Å². The van der Waals surface area contributed by atoms with Crippen molar-refractivity contribution >= 4 is 29.0 Å². The summed E-state index contributed by atoms with van der Waals surface area (Å²) in [5.74, 6) is -1.96. The number of hydrogen-bond acceptors (Lipinski definition) is 3. The Morgan fingerprint density at radius 1 is 1.21 bits per heavy atom. The lowest BCUT2D eigenvalue weighted by Gasteiger charge is -2.16. The van der Waals surface area contributed by atoms with Crippen molar-refractivity contribution in [2.24, 2.45) is 0 Å². The summed E-state index contributed by atoms with van der Waals surface area (Å²) in [5, 5.41) is 8.51. The van der Waals surface area contributed by atoms with Crippen LogP contribution in [0.3, 0.4) is 0 Å². The number of aliphatic hydroxyl groups is 1. The molecule has 1 aliphatic heterocycles. The fourth-order valence-electron chi connectivity index (χ4n) is 2.07. The van der Waals surface area contributed by atoms with Crippen LogP contribution in [0.5, 0.6) is 0 Å². The summed E-state index contributed by atoms with van der Waals surface area (Å²) in [5.41, 5.74) is 0.430. The highest BCUT2D eigenvalue weighted by molar-refractivity contribution is 6.52. The Labute approximate surface area is 114 Å². The maximum Gasteiger partial charge on any atom is 0.299 e. The molecule has 1 amide bonds. The lowest BCUT2D eigenvalue weighted by atomic mass is 10.1. The highest BCUT2D eigenvalue weighted by Crippen LogP contribution is 2.33. The molecule has 0 aliphatic carbocycles. The third kappa shape index (κ3) is 2.62. The summed E-state index contributed by atoms with van der Waals surface area (Å²) >= 11 is 5.61. The smallest absolute Gasteiger partial charge is 0.299 e. The van der Waals surface area contributed by atoms with E-state index in [9.17, 15) is 14.0 Å². The molecule has 0 atom stereocenters. The van der Waals surface area contributed by atoms with Crippen molar-refractivity contribution in [1.82, 2.24) is 0 Å². The average molecular weight is 286 g/mol. The van der Waals surface area contributed by atoms with Crippen LogP contribution < -0.4 is 4.90 Å². The number of anilines is 1. The van der Waals surface area contributed by atoms with E-state index >= 15 is 0 Å². The molecule has 4 nitrogen and oxygen atoms in total. The average Bonchev–Trinajstić information content (AvgIpc) is 2.60. The molecule has 0 bridgehead atoms. The van der Waals surface area contributed by atoms with Crippen LogP contribution in [0.15, 0.2) is 12.1 Å². The van der Waals surface area contributed by atoms with E-state index in [-0.39, 0.29) is 22.9 Å². The van der Waals surface area contributed by atoms with Crippen molar-refractivity contribution in [3.05, 3.63) is 28.5 Å². The molecule has 0 radical (unpaired) electrons. The van der Waals surface area contributed by atoms with Gasteiger partial charge in [0.05, 0.1) is 16.3 Å². The minimum absolute atomic E-state index is 0.0910. The Hall–Kier alpha value is -1.46. The van der Waals surface area contributed by atoms with E-state index in [4.69, 9.17) is 16.7 Å². The van der Waals surface area contributed by atoms with Gasteiger partial charge in [0.1, 0.15) is 5.82 Å². The van der Waals surface area contributed by atoms with Crippen LogP contribution in [0, 0.1) is 5.82 Å². The molecule has 2 rings (SSSR count). The van der Waals surface area contributed by atoms with E-state index in [0.717, 1.165) is 12.5 Å². The number of fused-ring (bicyclic) bond motifs is 1. The Morgan fingerprint density at radius 2 is 1.95 bits per heavy atom. The molecule has 19 heavy (non-hydrogen) atoms. The number of amides is 1. The molecule has 0 saturated heterocycles. The number of hydrogen-bond donors (Lipinski definition) is 1. The lowest BCUT2D eigenvalue weighted by Crippen LogP contribution is -2.30. The van der Waals surface area contributed by atoms with Crippen molar-refractivity contribution in [2.75, 3.05) is 18.1 Å². The summed E-state index contributed by atoms with van der Waals surface area (Å²) in [6.07, 6.45) is 2.01. The van der Waals surface area contributed by atoms with Crippen molar-refractivity contribution in [1.29, 1.82) is 0 Å². The number of Topliss-reactive ketones (excluding diaryl/α,β-unsaturated/α-hetero) is 1. The van der Waals surface area contributed by atoms with Crippen molar-refractivity contribution in [3.8, 4) is 0 Å². The first kappa shape index (κ1) is 14.0. The quantitative estimate of drug-likeness (QED) is 0.666. The first-order chi connectivity index (χ1) is 9.06. The topological polar surface area (TPSA) is 57.6 Å². The predicted molar refractivity (Wildman–Crippen MR) is 69.0 cm³/mol. The van der Waals surface area contributed by atoms with E-state index in [1.807, 2.05) is 0 Å². The first-order valence-electron chi connectivity index (χ1n) is 6.02. The highest BCUT2D eigenvalue weighted by Gasteiger charge is 2.36. The van der Waals surface area contributed by atoms with E-state index in [1.165, 1.54) is 11.0 Å². The molecule has 0 aromatic heterocycles. The standard InChI is InChI=1S/C13H13ClFNO3/c14-9-6-8-11(7-10(9)15)16(13(19)12(8)18)4-2-1-3-5-17/h6-7,17H,1-5H2. The van der Waals surface area contributed by atoms with Gasteiger partial charge in [-0.05, 0) is 31.4 Å². The predicted octanol–water partition coefficient (Wildman–Crippen LogP) is 2.17. The van der Waals surface area contributed by atoms with Gasteiger partial charge in [0.25, 0.3) is 11.7 Å². The molecule has 102 valence electrons. The van der Waals surface area contributed by atoms with E-state index in [0.29, 0.717) is 19.4 Å². The maximum absolute atomic E-state index is 13.4. The molecule has 6 heteroatoms. The number of rotatable bonds is 5. The number of halogens is 2. The zero-order valence-electron chi connectivity index (χ0n) is 10.2. The summed E-state index contributed by atoms with van der Waals surface area (Å²) in [7, 11) is 0. The van der Waals surface area contributed by atoms with Gasteiger partial charge in [0.15, 0.2) is 0 Å². The molecular formula is C13H13ClFNO3. The summed E-state index contributed by atoms with van der Waals surface area (Å²) in [6, 6.07) is 2.31. The zero-order chi connectivity index (χ0) is 14.0. The van der Waals surface area contributed by atoms with Gasteiger partial charge in [-0.15, -0.1) is 0 Å². The third-order valence-electron chi connectivity index (χ3n) is 3.05. The molecule has 1 heterocycles. The number of unbranched alkanes of at least 4 members (excludes halogenated alkanes) is 2. The van der Waals surface area contributed by atoms with Gasteiger partial charge in [-0.3, -0.25) is 9.59 Å². The molecule has 0 unspecified atom stereocenters. The second kappa shape index (κ2) is 5.67. The number of ketones is 1. The van der Waals surface area contributed by atoms with Crippen LogP contribution in [-0.4, -0.2) is 29.9 Å². The van der Waals surface area contributed by atoms with Crippen LogP contribution in [0.4, 0.5) is 10.1 Å². The largest absolute Gasteiger partial charge is 0.396 e. The molecular weight excluding hydrogens is 273 g/mol. The van der Waals surface area contributed by atoms with Crippen LogP contribution in [0.1, 0.15) is 29.6 Å². The van der Waals surface area contributed by atoms with Gasteiger partial charge in [-0.1, -0.05) is 11.6 Å². The normalized spacial score (nSPS) is 14.2. The monoisotopic (exact) mass is 285 g/mol. The zero-order valence-corrected chi connectivity index (χ0v) is 10.9. The van der Waals surface area contributed by atoms with Gasteiger partial charge in [-0.25, -0.2) is 4.39 Å². The second-order valence-electron chi connectivity index (χ2n) is 4.35. The van der Waals surface area contributed by atoms with Crippen molar-refractivity contribution in [2.45, 2.75) is 19.3 Å². The minimum Gasteiger partial charge on any atom is -0.396 e. The fraction of sp³-hybridized carbons (Fsp3) is 0.385. The molecule has 1 aromatic rings. The number of benzene rings is 1. The number of aliphatic hydroxyl groups excluding tert-OH is 1. The highest BCUT2D eigenvalue weighted by atomic mass is 35.5. The van der Waals surface area contributed by atoms with Gasteiger partial charge in [-0.2, -0.15) is 0 Å². The molecule has 0 fully saturated rings. The van der Waals surface area contributed by atoms with Crippen LogP contribution >= 0.6 is 11.6 Å².